The zero-order chi connectivity index (χ0) is 14.4. The maximum absolute atomic E-state index is 11.4. The Labute approximate surface area is 115 Å². The van der Waals surface area contributed by atoms with Gasteiger partial charge in [0.25, 0.3) is 0 Å². The number of hydrogen-bond acceptors (Lipinski definition) is 5. The van der Waals surface area contributed by atoms with Gasteiger partial charge in [0.05, 0.1) is 18.6 Å². The van der Waals surface area contributed by atoms with Crippen LogP contribution in [0.3, 0.4) is 0 Å². The highest BCUT2D eigenvalue weighted by atomic mass is 35.5. The number of alkyl halides is 1. The average molecular weight is 288 g/mol. The summed E-state index contributed by atoms with van der Waals surface area (Å²) in [5.41, 5.74) is 0.410. The number of halogens is 1. The Morgan fingerprint density at radius 2 is 2.21 bits per heavy atom. The van der Waals surface area contributed by atoms with Crippen LogP contribution in [0.15, 0.2) is 18.2 Å². The molecule has 0 aromatic heterocycles. The minimum Gasteiger partial charge on any atom is -0.490 e. The summed E-state index contributed by atoms with van der Waals surface area (Å²) in [6, 6.07) is 4.44. The molecule has 19 heavy (non-hydrogen) atoms. The van der Waals surface area contributed by atoms with Crippen LogP contribution in [0.2, 0.25) is 0 Å². The summed E-state index contributed by atoms with van der Waals surface area (Å²) in [5.74, 6) is -0.376. The fourth-order valence-corrected chi connectivity index (χ4v) is 1.77. The summed E-state index contributed by atoms with van der Waals surface area (Å²) in [4.78, 5) is 21.7. The van der Waals surface area contributed by atoms with Crippen molar-refractivity contribution in [2.45, 2.75) is 18.7 Å². The third kappa shape index (κ3) is 4.10. The molecule has 104 valence electrons. The molecule has 0 saturated heterocycles. The van der Waals surface area contributed by atoms with Crippen molar-refractivity contribution in [1.29, 1.82) is 0 Å². The Morgan fingerprint density at radius 3 is 2.74 bits per heavy atom. The van der Waals surface area contributed by atoms with Crippen molar-refractivity contribution in [2.24, 2.45) is 0 Å². The molecule has 0 aliphatic heterocycles. The van der Waals surface area contributed by atoms with Crippen LogP contribution in [0.1, 0.15) is 12.5 Å². The van der Waals surface area contributed by atoms with Crippen LogP contribution in [0, 0.1) is 10.1 Å². The number of nitrogens with zero attached hydrogens (tertiary/aromatic N) is 1. The first kappa shape index (κ1) is 15.2. The lowest BCUT2D eigenvalue weighted by Crippen LogP contribution is -2.20. The molecule has 0 aliphatic carbocycles. The predicted molar refractivity (Wildman–Crippen MR) is 69.6 cm³/mol. The van der Waals surface area contributed by atoms with E-state index in [2.05, 4.69) is 0 Å². The Hall–Kier alpha value is -1.82. The molecular formula is C12H14ClNO5. The van der Waals surface area contributed by atoms with Crippen LogP contribution >= 0.6 is 11.6 Å². The molecule has 0 saturated carbocycles. The normalized spacial score (nSPS) is 11.7. The zero-order valence-corrected chi connectivity index (χ0v) is 11.3. The molecular weight excluding hydrogens is 274 g/mol. The molecule has 0 N–H and O–H groups in total. The summed E-state index contributed by atoms with van der Waals surface area (Å²) in [5, 5.41) is 9.99. The second-order valence-corrected chi connectivity index (χ2v) is 4.21. The van der Waals surface area contributed by atoms with Crippen molar-refractivity contribution in [3.05, 3.63) is 33.9 Å². The standard InChI is InChI=1S/C12H14ClNO5/c1-3-19-12(15)9(13)6-8-4-5-11(18-2)10(7-8)14(16)17/h4-5,7,9H,3,6H2,1-2H3/t9-/m0/s1. The van der Waals surface area contributed by atoms with E-state index in [1.807, 2.05) is 0 Å². The van der Waals surface area contributed by atoms with Gasteiger partial charge in [-0.25, -0.2) is 0 Å². The minimum absolute atomic E-state index is 0.158. The first-order chi connectivity index (χ1) is 8.99. The number of benzene rings is 1. The van der Waals surface area contributed by atoms with Gasteiger partial charge in [0, 0.05) is 6.07 Å². The van der Waals surface area contributed by atoms with Gasteiger partial charge >= 0.3 is 11.7 Å². The third-order valence-corrected chi connectivity index (χ3v) is 2.73. The van der Waals surface area contributed by atoms with Gasteiger partial charge in [0.2, 0.25) is 0 Å². The molecule has 6 nitrogen and oxygen atoms in total. The third-order valence-electron chi connectivity index (χ3n) is 2.40. The fraction of sp³-hybridized carbons (Fsp3) is 0.417. The summed E-state index contributed by atoms with van der Waals surface area (Å²) >= 11 is 5.87. The van der Waals surface area contributed by atoms with Crippen molar-refractivity contribution < 1.29 is 19.2 Å². The number of methoxy groups -OCH3 is 1. The van der Waals surface area contributed by atoms with Crippen molar-refractivity contribution in [2.75, 3.05) is 13.7 Å². The van der Waals surface area contributed by atoms with Crippen molar-refractivity contribution in [1.82, 2.24) is 0 Å². The molecule has 0 unspecified atom stereocenters. The molecule has 1 aromatic carbocycles. The number of nitro groups is 1. The van der Waals surface area contributed by atoms with Gasteiger partial charge < -0.3 is 9.47 Å². The highest BCUT2D eigenvalue weighted by Crippen LogP contribution is 2.28. The number of hydrogen-bond donors (Lipinski definition) is 0. The van der Waals surface area contributed by atoms with Crippen LogP contribution in [0.5, 0.6) is 5.75 Å². The van der Waals surface area contributed by atoms with Crippen LogP contribution in [0.25, 0.3) is 0 Å². The first-order valence-electron chi connectivity index (χ1n) is 5.61. The lowest BCUT2D eigenvalue weighted by molar-refractivity contribution is -0.385. The van der Waals surface area contributed by atoms with Gasteiger partial charge in [-0.1, -0.05) is 6.07 Å². The Bertz CT molecular complexity index is 477. The summed E-state index contributed by atoms with van der Waals surface area (Å²) in [6.45, 7) is 1.92. The van der Waals surface area contributed by atoms with Gasteiger partial charge in [-0.05, 0) is 25.0 Å². The number of nitro benzene ring substituents is 1. The van der Waals surface area contributed by atoms with Gasteiger partial charge in [0.15, 0.2) is 5.75 Å². The van der Waals surface area contributed by atoms with E-state index in [-0.39, 0.29) is 24.5 Å². The van der Waals surface area contributed by atoms with E-state index in [1.54, 1.807) is 13.0 Å². The highest BCUT2D eigenvalue weighted by Gasteiger charge is 2.20. The molecule has 0 spiro atoms. The second kappa shape index (κ2) is 6.94. The first-order valence-corrected chi connectivity index (χ1v) is 6.05. The van der Waals surface area contributed by atoms with E-state index in [0.29, 0.717) is 5.56 Å². The predicted octanol–water partition coefficient (Wildman–Crippen LogP) is 2.32. The SMILES string of the molecule is CCOC(=O)[C@@H](Cl)Cc1ccc(OC)c([N+](=O)[O-])c1. The highest BCUT2D eigenvalue weighted by molar-refractivity contribution is 6.30. The molecule has 7 heteroatoms. The molecule has 1 atom stereocenters. The maximum atomic E-state index is 11.4. The topological polar surface area (TPSA) is 78.7 Å². The smallest absolute Gasteiger partial charge is 0.324 e. The van der Waals surface area contributed by atoms with E-state index < -0.39 is 16.3 Å². The zero-order valence-electron chi connectivity index (χ0n) is 10.6. The summed E-state index contributed by atoms with van der Waals surface area (Å²) in [7, 11) is 1.35. The van der Waals surface area contributed by atoms with Crippen LogP contribution in [0.4, 0.5) is 5.69 Å². The average Bonchev–Trinajstić information content (AvgIpc) is 2.38. The number of carbonyl (C=O) groups excluding carboxylic acids is 1. The number of carbonyl (C=O) groups is 1. The van der Waals surface area contributed by atoms with E-state index in [1.165, 1.54) is 19.2 Å². The minimum atomic E-state index is -0.868. The van der Waals surface area contributed by atoms with E-state index >= 15 is 0 Å². The summed E-state index contributed by atoms with van der Waals surface area (Å²) in [6.07, 6.45) is 0.158. The molecule has 1 rings (SSSR count). The fourth-order valence-electron chi connectivity index (χ4n) is 1.53. The monoisotopic (exact) mass is 287 g/mol. The second-order valence-electron chi connectivity index (χ2n) is 3.69. The maximum Gasteiger partial charge on any atom is 0.324 e. The number of esters is 1. The van der Waals surface area contributed by atoms with E-state index in [9.17, 15) is 14.9 Å². The van der Waals surface area contributed by atoms with Crippen molar-refractivity contribution in [3.8, 4) is 5.75 Å². The van der Waals surface area contributed by atoms with E-state index in [0.717, 1.165) is 0 Å². The number of rotatable bonds is 6. The Kier molecular flexibility index (Phi) is 5.57. The van der Waals surface area contributed by atoms with Crippen LogP contribution < -0.4 is 4.74 Å². The molecule has 0 heterocycles. The molecule has 0 bridgehead atoms. The largest absolute Gasteiger partial charge is 0.490 e. The Balaban J connectivity index is 2.88. The van der Waals surface area contributed by atoms with Gasteiger partial charge in [-0.15, -0.1) is 11.6 Å². The van der Waals surface area contributed by atoms with Crippen molar-refractivity contribution >= 4 is 23.3 Å². The van der Waals surface area contributed by atoms with Gasteiger partial charge in [-0.3, -0.25) is 14.9 Å². The molecule has 0 aliphatic rings. The lowest BCUT2D eigenvalue weighted by atomic mass is 10.1. The van der Waals surface area contributed by atoms with E-state index in [4.69, 9.17) is 21.1 Å². The van der Waals surface area contributed by atoms with Crippen molar-refractivity contribution in [3.63, 3.8) is 0 Å². The molecule has 0 amide bonds. The Morgan fingerprint density at radius 1 is 1.53 bits per heavy atom. The molecule has 1 aromatic rings. The molecule has 0 fully saturated rings. The van der Waals surface area contributed by atoms with Gasteiger partial charge in [-0.2, -0.15) is 0 Å². The van der Waals surface area contributed by atoms with Crippen LogP contribution in [-0.4, -0.2) is 30.0 Å². The molecule has 0 radical (unpaired) electrons. The lowest BCUT2D eigenvalue weighted by Gasteiger charge is -2.09. The van der Waals surface area contributed by atoms with Crippen LogP contribution in [-0.2, 0) is 16.0 Å². The summed E-state index contributed by atoms with van der Waals surface area (Å²) < 4.78 is 9.66. The quantitative estimate of drug-likeness (QED) is 0.347. The number of ether oxygens (including phenoxy) is 2. The van der Waals surface area contributed by atoms with Gasteiger partial charge in [0.1, 0.15) is 5.38 Å².